The van der Waals surface area contributed by atoms with Crippen LogP contribution in [0.15, 0.2) is 121 Å². The SMILES string of the molecule is COc1ccc(C2=CC(c3ccccc3)=CC2)c(P(c2ccccc2)c2ccccc2)c1. The molecular weight excluding hydrogens is 407 g/mol. The van der Waals surface area contributed by atoms with Gasteiger partial charge in [0.2, 0.25) is 0 Å². The first kappa shape index (κ1) is 20.5. The van der Waals surface area contributed by atoms with E-state index in [-0.39, 0.29) is 0 Å². The second-order valence-corrected chi connectivity index (χ2v) is 9.97. The largest absolute Gasteiger partial charge is 0.497 e. The van der Waals surface area contributed by atoms with Gasteiger partial charge in [0.1, 0.15) is 5.75 Å². The standard InChI is InChI=1S/C30H25OP/c1-31-26-19-20-29(25-18-17-24(21-25)23-11-5-2-6-12-23)30(22-26)32(27-13-7-3-8-14-27)28-15-9-4-10-16-28/h2-17,19-22H,18H2,1H3. The summed E-state index contributed by atoms with van der Waals surface area (Å²) in [7, 11) is 1.03. The van der Waals surface area contributed by atoms with Crippen molar-refractivity contribution in [2.75, 3.05) is 7.11 Å². The Kier molecular flexibility index (Phi) is 6.01. The Labute approximate surface area is 191 Å². The zero-order chi connectivity index (χ0) is 21.8. The Morgan fingerprint density at radius 3 is 1.88 bits per heavy atom. The molecule has 32 heavy (non-hydrogen) atoms. The van der Waals surface area contributed by atoms with Crippen molar-refractivity contribution in [1.82, 2.24) is 0 Å². The summed E-state index contributed by atoms with van der Waals surface area (Å²) < 4.78 is 5.66. The first-order valence-corrected chi connectivity index (χ1v) is 12.2. The van der Waals surface area contributed by atoms with Crippen LogP contribution in [0.1, 0.15) is 17.5 Å². The van der Waals surface area contributed by atoms with Gasteiger partial charge in [-0.15, -0.1) is 0 Å². The van der Waals surface area contributed by atoms with Crippen LogP contribution >= 0.6 is 7.92 Å². The summed E-state index contributed by atoms with van der Waals surface area (Å²) in [5.74, 6) is 0.901. The fourth-order valence-corrected chi connectivity index (χ4v) is 6.73. The van der Waals surface area contributed by atoms with Crippen LogP contribution in [0.5, 0.6) is 5.75 Å². The highest BCUT2D eigenvalue weighted by Crippen LogP contribution is 2.40. The van der Waals surface area contributed by atoms with E-state index in [2.05, 4.69) is 121 Å². The first-order chi connectivity index (χ1) is 15.8. The van der Waals surface area contributed by atoms with Gasteiger partial charge in [0.05, 0.1) is 7.11 Å². The van der Waals surface area contributed by atoms with Crippen LogP contribution in [-0.2, 0) is 0 Å². The van der Waals surface area contributed by atoms with Gasteiger partial charge in [-0.3, -0.25) is 0 Å². The van der Waals surface area contributed by atoms with Gasteiger partial charge in [-0.05, 0) is 64.7 Å². The van der Waals surface area contributed by atoms with Crippen LogP contribution in [0.2, 0.25) is 0 Å². The minimum atomic E-state index is -0.717. The molecule has 0 saturated carbocycles. The molecular formula is C30H25OP. The molecule has 1 aliphatic carbocycles. The maximum absolute atomic E-state index is 5.66. The summed E-state index contributed by atoms with van der Waals surface area (Å²) in [5, 5.41) is 4.03. The van der Waals surface area contributed by atoms with Crippen LogP contribution in [-0.4, -0.2) is 7.11 Å². The first-order valence-electron chi connectivity index (χ1n) is 10.9. The maximum Gasteiger partial charge on any atom is 0.119 e. The van der Waals surface area contributed by atoms with Crippen molar-refractivity contribution < 1.29 is 4.74 Å². The molecule has 5 rings (SSSR count). The Hall–Kier alpha value is -3.41. The number of benzene rings is 4. The molecule has 0 N–H and O–H groups in total. The van der Waals surface area contributed by atoms with Gasteiger partial charge >= 0.3 is 0 Å². The summed E-state index contributed by atoms with van der Waals surface area (Å²) >= 11 is 0. The lowest BCUT2D eigenvalue weighted by molar-refractivity contribution is 0.415. The van der Waals surface area contributed by atoms with Crippen LogP contribution in [0.4, 0.5) is 0 Å². The van der Waals surface area contributed by atoms with E-state index in [1.54, 1.807) is 7.11 Å². The fourth-order valence-electron chi connectivity index (χ4n) is 4.22. The van der Waals surface area contributed by atoms with Gasteiger partial charge in [0.15, 0.2) is 0 Å². The molecule has 0 aliphatic heterocycles. The van der Waals surface area contributed by atoms with E-state index in [0.717, 1.165) is 12.2 Å². The highest BCUT2D eigenvalue weighted by molar-refractivity contribution is 7.80. The van der Waals surface area contributed by atoms with Gasteiger partial charge in [-0.2, -0.15) is 0 Å². The number of hydrogen-bond acceptors (Lipinski definition) is 1. The van der Waals surface area contributed by atoms with Crippen LogP contribution < -0.4 is 20.7 Å². The van der Waals surface area contributed by atoms with E-state index in [4.69, 9.17) is 4.74 Å². The van der Waals surface area contributed by atoms with Gasteiger partial charge < -0.3 is 4.74 Å². The molecule has 4 aromatic carbocycles. The predicted molar refractivity (Wildman–Crippen MR) is 139 cm³/mol. The quantitative estimate of drug-likeness (QED) is 0.324. The highest BCUT2D eigenvalue weighted by Gasteiger charge is 2.23. The minimum absolute atomic E-state index is 0.717. The summed E-state index contributed by atoms with van der Waals surface area (Å²) in [5.41, 5.74) is 5.24. The topological polar surface area (TPSA) is 9.23 Å². The average Bonchev–Trinajstić information content (AvgIpc) is 3.36. The molecule has 0 atom stereocenters. The normalized spacial score (nSPS) is 13.1. The molecule has 1 nitrogen and oxygen atoms in total. The average molecular weight is 433 g/mol. The van der Waals surface area contributed by atoms with Crippen molar-refractivity contribution in [2.45, 2.75) is 6.42 Å². The molecule has 2 heteroatoms. The summed E-state index contributed by atoms with van der Waals surface area (Å²) in [6.45, 7) is 0. The predicted octanol–water partition coefficient (Wildman–Crippen LogP) is 6.32. The zero-order valence-electron chi connectivity index (χ0n) is 18.1. The molecule has 0 fully saturated rings. The number of ether oxygens (including phenoxy) is 1. The Bertz CT molecular complexity index is 1220. The monoisotopic (exact) mass is 432 g/mol. The van der Waals surface area contributed by atoms with Crippen molar-refractivity contribution in [3.8, 4) is 5.75 Å². The molecule has 4 aromatic rings. The second kappa shape index (κ2) is 9.39. The van der Waals surface area contributed by atoms with E-state index in [1.807, 2.05) is 0 Å². The molecule has 0 radical (unpaired) electrons. The Morgan fingerprint density at radius 1 is 0.688 bits per heavy atom. The lowest BCUT2D eigenvalue weighted by atomic mass is 10.0. The van der Waals surface area contributed by atoms with E-state index in [0.29, 0.717) is 0 Å². The lowest BCUT2D eigenvalue weighted by Crippen LogP contribution is -2.23. The molecule has 0 heterocycles. The number of methoxy groups -OCH3 is 1. The fraction of sp³-hybridized carbons (Fsp3) is 0.0667. The van der Waals surface area contributed by atoms with E-state index < -0.39 is 7.92 Å². The minimum Gasteiger partial charge on any atom is -0.497 e. The third kappa shape index (κ3) is 4.17. The lowest BCUT2D eigenvalue weighted by Gasteiger charge is -2.23. The van der Waals surface area contributed by atoms with Crippen LogP contribution in [0.25, 0.3) is 11.1 Å². The van der Waals surface area contributed by atoms with Crippen molar-refractivity contribution in [3.63, 3.8) is 0 Å². The summed E-state index contributed by atoms with van der Waals surface area (Å²) in [4.78, 5) is 0. The Balaban J connectivity index is 1.65. The van der Waals surface area contributed by atoms with Gasteiger partial charge in [0.25, 0.3) is 0 Å². The maximum atomic E-state index is 5.66. The molecule has 1 aliphatic rings. The van der Waals surface area contributed by atoms with E-state index in [9.17, 15) is 0 Å². The van der Waals surface area contributed by atoms with Crippen molar-refractivity contribution in [1.29, 1.82) is 0 Å². The molecule has 0 unspecified atom stereocenters. The zero-order valence-corrected chi connectivity index (χ0v) is 19.0. The number of rotatable bonds is 6. The van der Waals surface area contributed by atoms with Gasteiger partial charge in [0, 0.05) is 0 Å². The smallest absolute Gasteiger partial charge is 0.119 e. The van der Waals surface area contributed by atoms with Crippen molar-refractivity contribution in [3.05, 3.63) is 132 Å². The molecule has 0 bridgehead atoms. The molecule has 156 valence electrons. The van der Waals surface area contributed by atoms with E-state index >= 15 is 0 Å². The second-order valence-electron chi connectivity index (χ2n) is 7.79. The van der Waals surface area contributed by atoms with Crippen LogP contribution in [0.3, 0.4) is 0 Å². The third-order valence-corrected chi connectivity index (χ3v) is 8.28. The van der Waals surface area contributed by atoms with Gasteiger partial charge in [-0.25, -0.2) is 0 Å². The van der Waals surface area contributed by atoms with E-state index in [1.165, 1.54) is 38.2 Å². The summed E-state index contributed by atoms with van der Waals surface area (Å²) in [6, 6.07) is 38.9. The molecule has 0 aromatic heterocycles. The van der Waals surface area contributed by atoms with Crippen molar-refractivity contribution >= 4 is 35.0 Å². The molecule has 0 saturated heterocycles. The Morgan fingerprint density at radius 2 is 1.28 bits per heavy atom. The van der Waals surface area contributed by atoms with Gasteiger partial charge in [-0.1, -0.05) is 109 Å². The third-order valence-electron chi connectivity index (χ3n) is 5.80. The molecule has 0 amide bonds. The number of allylic oxidation sites excluding steroid dienone is 4. The number of hydrogen-bond donors (Lipinski definition) is 0. The summed E-state index contributed by atoms with van der Waals surface area (Å²) in [6.07, 6.45) is 5.63. The highest BCUT2D eigenvalue weighted by atomic mass is 31.1. The molecule has 0 spiro atoms. The van der Waals surface area contributed by atoms with Crippen LogP contribution in [0, 0.1) is 0 Å². The van der Waals surface area contributed by atoms with Crippen molar-refractivity contribution in [2.24, 2.45) is 0 Å².